The lowest BCUT2D eigenvalue weighted by molar-refractivity contribution is -0.139. The quantitative estimate of drug-likeness (QED) is 0.340. The Morgan fingerprint density at radius 3 is 2.13 bits per heavy atom. The largest absolute Gasteiger partial charge is 0.444 e. The Morgan fingerprint density at radius 1 is 1.08 bits per heavy atom. The first-order chi connectivity index (χ1) is 17.6. The van der Waals surface area contributed by atoms with E-state index in [0.29, 0.717) is 0 Å². The molecule has 3 amide bonds. The number of rotatable bonds is 10. The highest BCUT2D eigenvalue weighted by atomic mass is 19.4. The predicted octanol–water partition coefficient (Wildman–Crippen LogP) is 5.52. The summed E-state index contributed by atoms with van der Waals surface area (Å²) in [5.74, 6) is -3.07. The predicted molar refractivity (Wildman–Crippen MR) is 135 cm³/mol. The van der Waals surface area contributed by atoms with Gasteiger partial charge in [0.25, 0.3) is 0 Å². The van der Waals surface area contributed by atoms with E-state index in [1.54, 1.807) is 26.1 Å². The maximum atomic E-state index is 15.1. The molecule has 2 atom stereocenters. The summed E-state index contributed by atoms with van der Waals surface area (Å²) in [5, 5.41) is 7.04. The van der Waals surface area contributed by atoms with Gasteiger partial charge in [0.1, 0.15) is 24.0 Å². The molecule has 3 N–H and O–H groups in total. The summed E-state index contributed by atoms with van der Waals surface area (Å²) in [7, 11) is 0. The molecule has 2 aliphatic rings. The summed E-state index contributed by atoms with van der Waals surface area (Å²) in [4.78, 5) is 38.3. The van der Waals surface area contributed by atoms with Crippen LogP contribution in [0.5, 0.6) is 0 Å². The van der Waals surface area contributed by atoms with Crippen LogP contribution in [0.25, 0.3) is 6.08 Å². The van der Waals surface area contributed by atoms with Crippen molar-refractivity contribution in [2.24, 2.45) is 17.8 Å². The lowest BCUT2D eigenvalue weighted by Crippen LogP contribution is -2.51. The molecule has 2 aliphatic carbocycles. The standard InChI is InChI=1S/C27H35F4N3O4/c1-6-15-11-20(19(28)12-18(15)14(2)23(35)32-13-27(29,30)31)33-24(36)22(34-25(37)38-26(3,4)5)21(16-7-8-16)17-9-10-17/h6,11-12,14,16-17,21-22H,1,7-10,13H2,2-5H3,(H,32,35)(H,33,36)(H,34,37). The van der Waals surface area contributed by atoms with Crippen molar-refractivity contribution in [3.05, 3.63) is 35.7 Å². The van der Waals surface area contributed by atoms with E-state index in [1.807, 2.05) is 0 Å². The third-order valence-electron chi connectivity index (χ3n) is 6.65. The molecule has 0 heterocycles. The van der Waals surface area contributed by atoms with Gasteiger partial charge in [-0.05, 0) is 94.4 Å². The second-order valence-electron chi connectivity index (χ2n) is 11.1. The van der Waals surface area contributed by atoms with E-state index in [0.717, 1.165) is 31.7 Å². The van der Waals surface area contributed by atoms with Crippen LogP contribution < -0.4 is 16.0 Å². The fourth-order valence-corrected chi connectivity index (χ4v) is 4.61. The molecular weight excluding hydrogens is 506 g/mol. The van der Waals surface area contributed by atoms with Crippen LogP contribution in [0.15, 0.2) is 18.7 Å². The fourth-order valence-electron chi connectivity index (χ4n) is 4.61. The summed E-state index contributed by atoms with van der Waals surface area (Å²) in [5.41, 5.74) is -0.580. The van der Waals surface area contributed by atoms with Crippen LogP contribution >= 0.6 is 0 Å². The average molecular weight is 542 g/mol. The Hall–Kier alpha value is -3.11. The molecule has 210 valence electrons. The minimum Gasteiger partial charge on any atom is -0.444 e. The molecule has 0 radical (unpaired) electrons. The number of halogens is 4. The third-order valence-corrected chi connectivity index (χ3v) is 6.65. The van der Waals surface area contributed by atoms with E-state index in [-0.39, 0.29) is 34.6 Å². The van der Waals surface area contributed by atoms with Crippen LogP contribution in [0, 0.1) is 23.6 Å². The minimum atomic E-state index is -4.58. The molecule has 1 aromatic rings. The maximum Gasteiger partial charge on any atom is 0.408 e. The number of hydrogen-bond donors (Lipinski definition) is 3. The summed E-state index contributed by atoms with van der Waals surface area (Å²) >= 11 is 0. The summed E-state index contributed by atoms with van der Waals surface area (Å²) in [6, 6.07) is 1.33. The smallest absolute Gasteiger partial charge is 0.408 e. The number of ether oxygens (including phenoxy) is 1. The van der Waals surface area contributed by atoms with Crippen molar-refractivity contribution in [3.8, 4) is 0 Å². The molecule has 0 saturated heterocycles. The molecule has 2 unspecified atom stereocenters. The van der Waals surface area contributed by atoms with Gasteiger partial charge in [0.05, 0.1) is 11.6 Å². The third kappa shape index (κ3) is 8.19. The van der Waals surface area contributed by atoms with Crippen molar-refractivity contribution >= 4 is 29.7 Å². The van der Waals surface area contributed by atoms with Crippen molar-refractivity contribution in [2.45, 2.75) is 77.1 Å². The highest BCUT2D eigenvalue weighted by Gasteiger charge is 2.48. The van der Waals surface area contributed by atoms with Crippen molar-refractivity contribution in [1.82, 2.24) is 10.6 Å². The fraction of sp³-hybridized carbons (Fsp3) is 0.593. The number of alkyl halides is 3. The molecule has 0 aliphatic heterocycles. The molecular formula is C27H35F4N3O4. The van der Waals surface area contributed by atoms with Crippen molar-refractivity contribution in [2.75, 3.05) is 11.9 Å². The molecule has 1 aromatic carbocycles. The molecule has 2 saturated carbocycles. The van der Waals surface area contributed by atoms with Gasteiger partial charge in [-0.15, -0.1) is 0 Å². The Balaban J connectivity index is 1.82. The number of alkyl carbamates (subject to hydrolysis) is 1. The van der Waals surface area contributed by atoms with Crippen LogP contribution in [0.2, 0.25) is 0 Å². The van der Waals surface area contributed by atoms with Gasteiger partial charge in [-0.3, -0.25) is 9.59 Å². The minimum absolute atomic E-state index is 0.110. The van der Waals surface area contributed by atoms with Crippen molar-refractivity contribution in [1.29, 1.82) is 0 Å². The van der Waals surface area contributed by atoms with Crippen molar-refractivity contribution in [3.63, 3.8) is 0 Å². The Labute approximate surface area is 219 Å². The Bertz CT molecular complexity index is 1060. The van der Waals surface area contributed by atoms with Gasteiger partial charge in [0, 0.05) is 0 Å². The summed E-state index contributed by atoms with van der Waals surface area (Å²) in [6.45, 7) is 8.61. The lowest BCUT2D eigenvalue weighted by atomic mass is 9.88. The molecule has 7 nitrogen and oxygen atoms in total. The zero-order valence-electron chi connectivity index (χ0n) is 22.0. The molecule has 38 heavy (non-hydrogen) atoms. The Morgan fingerprint density at radius 2 is 1.66 bits per heavy atom. The van der Waals surface area contributed by atoms with Crippen LogP contribution in [-0.2, 0) is 14.3 Å². The van der Waals surface area contributed by atoms with E-state index < -0.39 is 54.0 Å². The van der Waals surface area contributed by atoms with E-state index in [2.05, 4.69) is 17.2 Å². The number of carbonyl (C=O) groups excluding carboxylic acids is 3. The molecule has 3 rings (SSSR count). The van der Waals surface area contributed by atoms with Crippen molar-refractivity contribution < 1.29 is 36.7 Å². The van der Waals surface area contributed by atoms with Gasteiger partial charge < -0.3 is 20.7 Å². The van der Waals surface area contributed by atoms with Gasteiger partial charge in [-0.1, -0.05) is 12.7 Å². The number of anilines is 1. The zero-order chi connectivity index (χ0) is 28.4. The van der Waals surface area contributed by atoms with E-state index in [4.69, 9.17) is 4.74 Å². The normalized spacial score (nSPS) is 17.4. The topological polar surface area (TPSA) is 96.5 Å². The average Bonchev–Trinajstić information content (AvgIpc) is 3.71. The van der Waals surface area contributed by atoms with Gasteiger partial charge in [-0.2, -0.15) is 13.2 Å². The maximum absolute atomic E-state index is 15.1. The first kappa shape index (κ1) is 29.4. The number of benzene rings is 1. The van der Waals surface area contributed by atoms with Gasteiger partial charge in [0.15, 0.2) is 0 Å². The zero-order valence-corrected chi connectivity index (χ0v) is 22.0. The molecule has 2 fully saturated rings. The number of carbonyl (C=O) groups is 3. The molecule has 0 bridgehead atoms. The van der Waals surface area contributed by atoms with E-state index >= 15 is 4.39 Å². The summed E-state index contributed by atoms with van der Waals surface area (Å²) in [6.07, 6.45) is -0.231. The number of nitrogens with one attached hydrogen (secondary N) is 3. The highest BCUT2D eigenvalue weighted by molar-refractivity contribution is 5.97. The van der Waals surface area contributed by atoms with Gasteiger partial charge >= 0.3 is 12.3 Å². The molecule has 11 heteroatoms. The molecule has 0 spiro atoms. The Kier molecular flexibility index (Phi) is 8.78. The van der Waals surface area contributed by atoms with Crippen LogP contribution in [-0.4, -0.2) is 42.3 Å². The van der Waals surface area contributed by atoms with Crippen LogP contribution in [0.1, 0.15) is 70.4 Å². The van der Waals surface area contributed by atoms with Crippen LogP contribution in [0.4, 0.5) is 28.0 Å². The van der Waals surface area contributed by atoms with Gasteiger partial charge in [-0.25, -0.2) is 9.18 Å². The first-order valence-electron chi connectivity index (χ1n) is 12.7. The SMILES string of the molecule is C=Cc1cc(NC(=O)C(NC(=O)OC(C)(C)C)C(C2CC2)C2CC2)c(F)cc1C(C)C(=O)NCC(F)(F)F. The second kappa shape index (κ2) is 11.3. The number of hydrogen-bond acceptors (Lipinski definition) is 4. The molecule has 0 aromatic heterocycles. The highest BCUT2D eigenvalue weighted by Crippen LogP contribution is 2.51. The summed E-state index contributed by atoms with van der Waals surface area (Å²) < 4.78 is 58.0. The van der Waals surface area contributed by atoms with Gasteiger partial charge in [0.2, 0.25) is 11.8 Å². The van der Waals surface area contributed by atoms with E-state index in [1.165, 1.54) is 19.1 Å². The monoisotopic (exact) mass is 541 g/mol. The second-order valence-corrected chi connectivity index (χ2v) is 11.1. The van der Waals surface area contributed by atoms with E-state index in [9.17, 15) is 27.6 Å². The lowest BCUT2D eigenvalue weighted by Gasteiger charge is -2.29. The number of amides is 3. The first-order valence-corrected chi connectivity index (χ1v) is 12.7. The van der Waals surface area contributed by atoms with Crippen LogP contribution in [0.3, 0.4) is 0 Å².